The number of nitrogens with zero attached hydrogens (tertiary/aromatic N) is 4. The van der Waals surface area contributed by atoms with E-state index in [1.54, 1.807) is 22.0 Å². The molecule has 1 N–H and O–H groups in total. The van der Waals surface area contributed by atoms with Crippen molar-refractivity contribution in [3.05, 3.63) is 53.9 Å². The van der Waals surface area contributed by atoms with E-state index in [1.165, 1.54) is 12.8 Å². The maximum Gasteiger partial charge on any atom is 0.257 e. The van der Waals surface area contributed by atoms with Gasteiger partial charge < -0.3 is 10.0 Å². The van der Waals surface area contributed by atoms with Crippen molar-refractivity contribution >= 4 is 5.91 Å². The third kappa shape index (κ3) is 3.45. The molecule has 2 aromatic rings. The molecule has 1 amide bonds. The SMILES string of the molecule is O=C(c1cnn(Cc2ccccc2)c1)N1C[C@H](O)[C@@H](N2CCCC2)C1. The molecule has 4 rings (SSSR count). The van der Waals surface area contributed by atoms with Gasteiger partial charge in [-0.1, -0.05) is 30.3 Å². The Morgan fingerprint density at radius 2 is 1.92 bits per heavy atom. The van der Waals surface area contributed by atoms with Crippen molar-refractivity contribution in [2.24, 2.45) is 0 Å². The van der Waals surface area contributed by atoms with E-state index in [0.29, 0.717) is 25.2 Å². The van der Waals surface area contributed by atoms with Crippen molar-refractivity contribution in [2.45, 2.75) is 31.5 Å². The van der Waals surface area contributed by atoms with Crippen molar-refractivity contribution in [3.63, 3.8) is 0 Å². The van der Waals surface area contributed by atoms with Crippen LogP contribution in [0.1, 0.15) is 28.8 Å². The van der Waals surface area contributed by atoms with E-state index in [-0.39, 0.29) is 11.9 Å². The standard InChI is InChI=1S/C19H24N4O2/c24-18-14-22(13-17(18)21-8-4-5-9-21)19(25)16-10-20-23(12-16)11-15-6-2-1-3-7-15/h1-3,6-7,10,12,17-18,24H,4-5,8-9,11,13-14H2/t17-,18-/m0/s1. The molecule has 0 radical (unpaired) electrons. The van der Waals surface area contributed by atoms with Crippen LogP contribution in [0.4, 0.5) is 0 Å². The van der Waals surface area contributed by atoms with Crippen LogP contribution < -0.4 is 0 Å². The second-order valence-corrected chi connectivity index (χ2v) is 7.00. The summed E-state index contributed by atoms with van der Waals surface area (Å²) in [4.78, 5) is 16.8. The van der Waals surface area contributed by atoms with Gasteiger partial charge in [0.1, 0.15) is 0 Å². The molecule has 1 aromatic heterocycles. The summed E-state index contributed by atoms with van der Waals surface area (Å²) < 4.78 is 1.78. The minimum absolute atomic E-state index is 0.0416. The number of amides is 1. The maximum atomic E-state index is 12.8. The molecule has 2 aliphatic rings. The average molecular weight is 340 g/mol. The number of hydrogen-bond acceptors (Lipinski definition) is 4. The lowest BCUT2D eigenvalue weighted by Crippen LogP contribution is -2.41. The average Bonchev–Trinajstić information content (AvgIpc) is 3.35. The van der Waals surface area contributed by atoms with Crippen molar-refractivity contribution in [1.82, 2.24) is 19.6 Å². The molecule has 6 nitrogen and oxygen atoms in total. The van der Waals surface area contributed by atoms with E-state index < -0.39 is 6.10 Å². The van der Waals surface area contributed by atoms with Crippen LogP contribution in [0.3, 0.4) is 0 Å². The van der Waals surface area contributed by atoms with Gasteiger partial charge in [-0.25, -0.2) is 0 Å². The number of carbonyl (C=O) groups excluding carboxylic acids is 1. The predicted molar refractivity (Wildman–Crippen MR) is 94.3 cm³/mol. The molecule has 2 aliphatic heterocycles. The van der Waals surface area contributed by atoms with Crippen molar-refractivity contribution in [1.29, 1.82) is 0 Å². The Hall–Kier alpha value is -2.18. The maximum absolute atomic E-state index is 12.8. The molecule has 1 aromatic carbocycles. The largest absolute Gasteiger partial charge is 0.390 e. The lowest BCUT2D eigenvalue weighted by atomic mass is 10.2. The summed E-state index contributed by atoms with van der Waals surface area (Å²) in [5.74, 6) is -0.0416. The van der Waals surface area contributed by atoms with Crippen LogP contribution in [0.2, 0.25) is 0 Å². The van der Waals surface area contributed by atoms with E-state index in [4.69, 9.17) is 0 Å². The first-order chi connectivity index (χ1) is 12.2. The van der Waals surface area contributed by atoms with E-state index in [1.807, 2.05) is 30.3 Å². The number of β-amino-alcohol motifs (C(OH)–C–C–N with tert-alkyl or cyclic N) is 1. The fourth-order valence-electron chi connectivity index (χ4n) is 3.88. The lowest BCUT2D eigenvalue weighted by molar-refractivity contribution is 0.0763. The summed E-state index contributed by atoms with van der Waals surface area (Å²) in [6, 6.07) is 10.1. The third-order valence-electron chi connectivity index (χ3n) is 5.22. The quantitative estimate of drug-likeness (QED) is 0.909. The highest BCUT2D eigenvalue weighted by Crippen LogP contribution is 2.22. The lowest BCUT2D eigenvalue weighted by Gasteiger charge is -2.25. The van der Waals surface area contributed by atoms with Crippen LogP contribution in [0.25, 0.3) is 0 Å². The Labute approximate surface area is 147 Å². The van der Waals surface area contributed by atoms with Crippen LogP contribution in [0, 0.1) is 0 Å². The monoisotopic (exact) mass is 340 g/mol. The molecule has 0 aliphatic carbocycles. The highest BCUT2D eigenvalue weighted by Gasteiger charge is 2.38. The number of aliphatic hydroxyl groups excluding tert-OH is 1. The molecule has 0 spiro atoms. The van der Waals surface area contributed by atoms with Crippen LogP contribution in [0.5, 0.6) is 0 Å². The Morgan fingerprint density at radius 3 is 2.68 bits per heavy atom. The summed E-state index contributed by atoms with van der Waals surface area (Å²) in [6.07, 6.45) is 5.33. The molecule has 132 valence electrons. The second kappa shape index (κ2) is 6.98. The Bertz CT molecular complexity index is 724. The van der Waals surface area contributed by atoms with Crippen LogP contribution in [0.15, 0.2) is 42.7 Å². The van der Waals surface area contributed by atoms with Gasteiger partial charge in [-0.15, -0.1) is 0 Å². The van der Waals surface area contributed by atoms with E-state index in [9.17, 15) is 9.90 Å². The van der Waals surface area contributed by atoms with Gasteiger partial charge in [-0.2, -0.15) is 5.10 Å². The van der Waals surface area contributed by atoms with E-state index in [0.717, 1.165) is 18.7 Å². The summed E-state index contributed by atoms with van der Waals surface area (Å²) in [5, 5.41) is 14.7. The zero-order chi connectivity index (χ0) is 17.2. The van der Waals surface area contributed by atoms with Gasteiger partial charge in [0.05, 0.1) is 30.5 Å². The molecular formula is C19H24N4O2. The number of aromatic nitrogens is 2. The van der Waals surface area contributed by atoms with Crippen LogP contribution in [-0.2, 0) is 6.54 Å². The van der Waals surface area contributed by atoms with Gasteiger partial charge >= 0.3 is 0 Å². The molecule has 0 bridgehead atoms. The normalized spacial score (nSPS) is 24.1. The van der Waals surface area contributed by atoms with Gasteiger partial charge in [0.2, 0.25) is 0 Å². The van der Waals surface area contributed by atoms with Crippen LogP contribution >= 0.6 is 0 Å². The summed E-state index contributed by atoms with van der Waals surface area (Å²) >= 11 is 0. The number of benzene rings is 1. The van der Waals surface area contributed by atoms with Gasteiger partial charge in [-0.05, 0) is 31.5 Å². The highest BCUT2D eigenvalue weighted by molar-refractivity contribution is 5.94. The van der Waals surface area contributed by atoms with Crippen molar-refractivity contribution in [3.8, 4) is 0 Å². The summed E-state index contributed by atoms with van der Waals surface area (Å²) in [5.41, 5.74) is 1.74. The molecule has 2 fully saturated rings. The summed E-state index contributed by atoms with van der Waals surface area (Å²) in [6.45, 7) is 3.71. The molecule has 2 atom stereocenters. The highest BCUT2D eigenvalue weighted by atomic mass is 16.3. The zero-order valence-corrected chi connectivity index (χ0v) is 14.3. The zero-order valence-electron chi connectivity index (χ0n) is 14.3. The fourth-order valence-corrected chi connectivity index (χ4v) is 3.88. The number of likely N-dealkylation sites (tertiary alicyclic amines) is 2. The fraction of sp³-hybridized carbons (Fsp3) is 0.474. The number of rotatable bonds is 4. The topological polar surface area (TPSA) is 61.6 Å². The molecule has 2 saturated heterocycles. The Balaban J connectivity index is 1.41. The molecule has 6 heteroatoms. The predicted octanol–water partition coefficient (Wildman–Crippen LogP) is 1.21. The summed E-state index contributed by atoms with van der Waals surface area (Å²) in [7, 11) is 0. The Kier molecular flexibility index (Phi) is 4.55. The van der Waals surface area contributed by atoms with Crippen molar-refractivity contribution in [2.75, 3.05) is 26.2 Å². The number of aliphatic hydroxyl groups is 1. The number of carbonyl (C=O) groups is 1. The van der Waals surface area contributed by atoms with Gasteiger partial charge in [0.25, 0.3) is 5.91 Å². The van der Waals surface area contributed by atoms with E-state index >= 15 is 0 Å². The van der Waals surface area contributed by atoms with Gasteiger partial charge in [0.15, 0.2) is 0 Å². The first-order valence-corrected chi connectivity index (χ1v) is 8.98. The Morgan fingerprint density at radius 1 is 1.16 bits per heavy atom. The first kappa shape index (κ1) is 16.3. The third-order valence-corrected chi connectivity index (χ3v) is 5.22. The molecule has 0 saturated carbocycles. The van der Waals surface area contributed by atoms with Crippen molar-refractivity contribution < 1.29 is 9.90 Å². The molecule has 0 unspecified atom stereocenters. The molecule has 25 heavy (non-hydrogen) atoms. The minimum atomic E-state index is -0.457. The minimum Gasteiger partial charge on any atom is -0.390 e. The second-order valence-electron chi connectivity index (χ2n) is 7.00. The van der Waals surface area contributed by atoms with Gasteiger partial charge in [0, 0.05) is 19.3 Å². The van der Waals surface area contributed by atoms with E-state index in [2.05, 4.69) is 10.00 Å². The smallest absolute Gasteiger partial charge is 0.257 e. The van der Waals surface area contributed by atoms with Gasteiger partial charge in [-0.3, -0.25) is 14.4 Å². The number of hydrogen-bond donors (Lipinski definition) is 1. The molecular weight excluding hydrogens is 316 g/mol. The first-order valence-electron chi connectivity index (χ1n) is 8.98. The van der Waals surface area contributed by atoms with Crippen LogP contribution in [-0.4, -0.2) is 68.9 Å². The molecule has 3 heterocycles.